The Labute approximate surface area is 237 Å². The Hall–Kier alpha value is -2.81. The molecule has 3 aromatic carbocycles. The number of carbonyl (C=O) groups is 2. The van der Waals surface area contributed by atoms with Gasteiger partial charge in [-0.2, -0.15) is 0 Å². The zero-order chi connectivity index (χ0) is 27.1. The molecule has 2 amide bonds. The van der Waals surface area contributed by atoms with Crippen LogP contribution in [-0.2, 0) is 6.42 Å². The molecule has 38 heavy (non-hydrogen) atoms. The molecule has 0 aliphatic carbocycles. The van der Waals surface area contributed by atoms with Crippen molar-refractivity contribution in [3.05, 3.63) is 92.4 Å². The quantitative estimate of drug-likeness (QED) is 0.336. The maximum Gasteiger partial charge on any atom is 0.255 e. The number of hydrogen-bond acceptors (Lipinski definition) is 5. The molecule has 1 heterocycles. The number of carbonyl (C=O) groups excluding carboxylic acids is 2. The van der Waals surface area contributed by atoms with Gasteiger partial charge in [0.25, 0.3) is 11.8 Å². The lowest BCUT2D eigenvalue weighted by Crippen LogP contribution is -2.48. The summed E-state index contributed by atoms with van der Waals surface area (Å²) in [6, 6.07) is 17.4. The molecule has 0 unspecified atom stereocenters. The lowest BCUT2D eigenvalue weighted by Gasteiger charge is -2.36. The molecule has 0 atom stereocenters. The maximum atomic E-state index is 13.1. The van der Waals surface area contributed by atoms with Crippen molar-refractivity contribution in [2.45, 2.75) is 6.42 Å². The summed E-state index contributed by atoms with van der Waals surface area (Å²) in [6.45, 7) is 5.18. The molecule has 0 bridgehead atoms. The molecular formula is C28H30Cl3N5O2. The lowest BCUT2D eigenvalue weighted by molar-refractivity contribution is 0.0952. The average Bonchev–Trinajstić information content (AvgIpc) is 2.90. The first-order valence-corrected chi connectivity index (χ1v) is 13.6. The van der Waals surface area contributed by atoms with E-state index in [4.69, 9.17) is 40.5 Å². The highest BCUT2D eigenvalue weighted by Crippen LogP contribution is 2.29. The second-order valence-electron chi connectivity index (χ2n) is 9.06. The first kappa shape index (κ1) is 28.2. The SMILES string of the molecule is NCCN1CCN(c2ccc(C(=O)NCCc3ccc(Cl)cc3Cl)cc2NC(=O)c2cccc(Cl)c2)CC1. The minimum absolute atomic E-state index is 0.243. The summed E-state index contributed by atoms with van der Waals surface area (Å²) in [5, 5.41) is 7.53. The Balaban J connectivity index is 1.50. The van der Waals surface area contributed by atoms with Crippen molar-refractivity contribution in [1.29, 1.82) is 0 Å². The van der Waals surface area contributed by atoms with Crippen LogP contribution in [0.15, 0.2) is 60.7 Å². The van der Waals surface area contributed by atoms with Crippen molar-refractivity contribution >= 4 is 58.0 Å². The molecular weight excluding hydrogens is 545 g/mol. The van der Waals surface area contributed by atoms with Gasteiger partial charge in [0, 0.05) is 72.0 Å². The molecule has 200 valence electrons. The predicted octanol–water partition coefficient (Wildman–Crippen LogP) is 4.95. The van der Waals surface area contributed by atoms with Crippen LogP contribution in [0.3, 0.4) is 0 Å². The van der Waals surface area contributed by atoms with Gasteiger partial charge in [-0.3, -0.25) is 14.5 Å². The maximum absolute atomic E-state index is 13.1. The summed E-state index contributed by atoms with van der Waals surface area (Å²) < 4.78 is 0. The molecule has 10 heteroatoms. The van der Waals surface area contributed by atoms with Gasteiger partial charge >= 0.3 is 0 Å². The van der Waals surface area contributed by atoms with Crippen LogP contribution in [0, 0.1) is 0 Å². The first-order valence-electron chi connectivity index (χ1n) is 12.4. The number of piperazine rings is 1. The summed E-state index contributed by atoms with van der Waals surface area (Å²) in [6.07, 6.45) is 0.561. The molecule has 3 aromatic rings. The van der Waals surface area contributed by atoms with Crippen LogP contribution in [-0.4, -0.2) is 62.5 Å². The molecule has 1 saturated heterocycles. The fourth-order valence-electron chi connectivity index (χ4n) is 4.41. The molecule has 0 aromatic heterocycles. The van der Waals surface area contributed by atoms with Crippen LogP contribution in [0.4, 0.5) is 11.4 Å². The highest BCUT2D eigenvalue weighted by Gasteiger charge is 2.21. The zero-order valence-electron chi connectivity index (χ0n) is 20.9. The summed E-state index contributed by atoms with van der Waals surface area (Å²) in [4.78, 5) is 30.6. The van der Waals surface area contributed by atoms with E-state index in [1.165, 1.54) is 0 Å². The summed E-state index contributed by atoms with van der Waals surface area (Å²) in [5.41, 5.74) is 8.92. The van der Waals surface area contributed by atoms with Gasteiger partial charge in [0.15, 0.2) is 0 Å². The number of amides is 2. The Morgan fingerprint density at radius 2 is 1.58 bits per heavy atom. The van der Waals surface area contributed by atoms with E-state index in [1.54, 1.807) is 48.5 Å². The summed E-state index contributed by atoms with van der Waals surface area (Å²) in [7, 11) is 0. The fourth-order valence-corrected chi connectivity index (χ4v) is 5.10. The minimum atomic E-state index is -0.301. The molecule has 0 spiro atoms. The van der Waals surface area contributed by atoms with Gasteiger partial charge in [-0.05, 0) is 60.5 Å². The van der Waals surface area contributed by atoms with E-state index in [0.29, 0.717) is 51.4 Å². The number of nitrogens with two attached hydrogens (primary N) is 1. The second-order valence-corrected chi connectivity index (χ2v) is 10.3. The van der Waals surface area contributed by atoms with E-state index < -0.39 is 0 Å². The third-order valence-electron chi connectivity index (χ3n) is 6.45. The van der Waals surface area contributed by atoms with E-state index in [-0.39, 0.29) is 11.8 Å². The minimum Gasteiger partial charge on any atom is -0.367 e. The van der Waals surface area contributed by atoms with Crippen LogP contribution < -0.4 is 21.3 Å². The second kappa shape index (κ2) is 13.3. The number of anilines is 2. The first-order chi connectivity index (χ1) is 18.3. The van der Waals surface area contributed by atoms with E-state index >= 15 is 0 Å². The van der Waals surface area contributed by atoms with Gasteiger partial charge in [-0.15, -0.1) is 0 Å². The zero-order valence-corrected chi connectivity index (χ0v) is 23.1. The van der Waals surface area contributed by atoms with Crippen molar-refractivity contribution in [3.8, 4) is 0 Å². The van der Waals surface area contributed by atoms with Crippen molar-refractivity contribution in [3.63, 3.8) is 0 Å². The molecule has 4 rings (SSSR count). The van der Waals surface area contributed by atoms with Crippen LogP contribution in [0.5, 0.6) is 0 Å². The summed E-state index contributed by atoms with van der Waals surface area (Å²) >= 11 is 18.3. The normalized spacial score (nSPS) is 13.8. The standard InChI is InChI=1S/C28H30Cl3N5O2/c29-22-3-1-2-20(16-22)28(38)34-25-17-21(5-7-26(25)36-14-12-35(11-9-32)13-15-36)27(37)33-10-8-19-4-6-23(30)18-24(19)31/h1-7,16-18H,8-15,32H2,(H,33,37)(H,34,38). The van der Waals surface area contributed by atoms with Crippen LogP contribution in [0.1, 0.15) is 26.3 Å². The number of halogens is 3. The third-order valence-corrected chi connectivity index (χ3v) is 7.27. The monoisotopic (exact) mass is 573 g/mol. The number of rotatable bonds is 9. The van der Waals surface area contributed by atoms with Crippen LogP contribution in [0.2, 0.25) is 15.1 Å². The smallest absolute Gasteiger partial charge is 0.255 e. The van der Waals surface area contributed by atoms with Gasteiger partial charge in [0.2, 0.25) is 0 Å². The topological polar surface area (TPSA) is 90.7 Å². The Kier molecular flexibility index (Phi) is 9.88. The Bertz CT molecular complexity index is 1300. The fraction of sp³-hybridized carbons (Fsp3) is 0.286. The van der Waals surface area contributed by atoms with E-state index in [0.717, 1.165) is 44.0 Å². The number of nitrogens with one attached hydrogen (secondary N) is 2. The van der Waals surface area contributed by atoms with Crippen LogP contribution in [0.25, 0.3) is 0 Å². The largest absolute Gasteiger partial charge is 0.367 e. The molecule has 1 aliphatic rings. The van der Waals surface area contributed by atoms with Gasteiger partial charge in [0.05, 0.1) is 11.4 Å². The molecule has 7 nitrogen and oxygen atoms in total. The highest BCUT2D eigenvalue weighted by molar-refractivity contribution is 6.35. The van der Waals surface area contributed by atoms with Gasteiger partial charge in [-0.1, -0.05) is 46.9 Å². The third kappa shape index (κ3) is 7.40. The van der Waals surface area contributed by atoms with Crippen LogP contribution >= 0.6 is 34.8 Å². The Morgan fingerprint density at radius 3 is 2.29 bits per heavy atom. The van der Waals surface area contributed by atoms with Gasteiger partial charge < -0.3 is 21.3 Å². The average molecular weight is 575 g/mol. The van der Waals surface area contributed by atoms with E-state index in [1.807, 2.05) is 12.1 Å². The van der Waals surface area contributed by atoms with E-state index in [2.05, 4.69) is 20.4 Å². The molecule has 0 saturated carbocycles. The lowest BCUT2D eigenvalue weighted by atomic mass is 10.1. The van der Waals surface area contributed by atoms with Gasteiger partial charge in [0.1, 0.15) is 0 Å². The molecule has 0 radical (unpaired) electrons. The molecule has 1 fully saturated rings. The Morgan fingerprint density at radius 1 is 0.842 bits per heavy atom. The van der Waals surface area contributed by atoms with Crippen molar-refractivity contribution in [2.75, 3.05) is 56.0 Å². The van der Waals surface area contributed by atoms with E-state index in [9.17, 15) is 9.59 Å². The number of nitrogens with zero attached hydrogens (tertiary/aromatic N) is 2. The van der Waals surface area contributed by atoms with Crippen molar-refractivity contribution in [2.24, 2.45) is 5.73 Å². The predicted molar refractivity (Wildman–Crippen MR) is 156 cm³/mol. The summed E-state index contributed by atoms with van der Waals surface area (Å²) in [5.74, 6) is -0.543. The number of benzene rings is 3. The number of hydrogen-bond donors (Lipinski definition) is 3. The van der Waals surface area contributed by atoms with Crippen molar-refractivity contribution in [1.82, 2.24) is 10.2 Å². The molecule has 1 aliphatic heterocycles. The van der Waals surface area contributed by atoms with Crippen molar-refractivity contribution < 1.29 is 9.59 Å². The molecule has 4 N–H and O–H groups in total. The van der Waals surface area contributed by atoms with Gasteiger partial charge in [-0.25, -0.2) is 0 Å². The highest BCUT2D eigenvalue weighted by atomic mass is 35.5.